The van der Waals surface area contributed by atoms with Crippen LogP contribution in [0.4, 0.5) is 5.69 Å². The summed E-state index contributed by atoms with van der Waals surface area (Å²) in [6, 6.07) is 2.71. The highest BCUT2D eigenvalue weighted by molar-refractivity contribution is 6.78. The van der Waals surface area contributed by atoms with E-state index in [9.17, 15) is 14.9 Å². The van der Waals surface area contributed by atoms with Crippen molar-refractivity contribution in [2.75, 3.05) is 13.7 Å². The van der Waals surface area contributed by atoms with Crippen LogP contribution in [0.25, 0.3) is 0 Å². The first kappa shape index (κ1) is 33.3. The summed E-state index contributed by atoms with van der Waals surface area (Å²) in [6.45, 7) is 24.4. The Balaban J connectivity index is 2.04. The van der Waals surface area contributed by atoms with Crippen molar-refractivity contribution in [1.29, 1.82) is 0 Å². The molecule has 0 spiro atoms. The Morgan fingerprint density at radius 3 is 2.05 bits per heavy atom. The summed E-state index contributed by atoms with van der Waals surface area (Å²) < 4.78 is 19.1. The molecule has 230 valence electrons. The third-order valence-electron chi connectivity index (χ3n) is 9.65. The molecule has 1 unspecified atom stereocenters. The molecule has 1 aromatic rings. The van der Waals surface area contributed by atoms with E-state index in [1.165, 1.54) is 24.8 Å². The normalized spacial score (nSPS) is 18.4. The van der Waals surface area contributed by atoms with E-state index < -0.39 is 27.5 Å². The smallest absolute Gasteiger partial charge is 0.286 e. The van der Waals surface area contributed by atoms with Crippen molar-refractivity contribution in [2.24, 2.45) is 5.92 Å². The van der Waals surface area contributed by atoms with Crippen molar-refractivity contribution in [1.82, 2.24) is 4.90 Å². The van der Waals surface area contributed by atoms with E-state index in [-0.39, 0.29) is 39.0 Å². The van der Waals surface area contributed by atoms with Crippen LogP contribution in [0.5, 0.6) is 11.5 Å². The number of rotatable bonds is 12. The third kappa shape index (κ3) is 6.75. The summed E-state index contributed by atoms with van der Waals surface area (Å²) in [6.07, 6.45) is 4.91. The van der Waals surface area contributed by atoms with Crippen molar-refractivity contribution >= 4 is 28.2 Å². The van der Waals surface area contributed by atoms with Gasteiger partial charge in [-0.05, 0) is 65.5 Å². The Bertz CT molecular complexity index is 1150. The molecule has 0 N–H and O–H groups in total. The first-order valence-corrected chi connectivity index (χ1v) is 20.1. The van der Waals surface area contributed by atoms with Gasteiger partial charge in [-0.3, -0.25) is 14.9 Å². The molecule has 0 bridgehead atoms. The minimum Gasteiger partial charge on any atom is -0.540 e. The number of hydrogen-bond acceptors (Lipinski definition) is 6. The molecule has 2 aliphatic rings. The molecular weight excluding hydrogens is 553 g/mol. The number of ether oxygens (including phenoxy) is 1. The molecule has 41 heavy (non-hydrogen) atoms. The van der Waals surface area contributed by atoms with Gasteiger partial charge < -0.3 is 18.5 Å². The lowest BCUT2D eigenvalue weighted by atomic mass is 10.1. The largest absolute Gasteiger partial charge is 0.540 e. The van der Waals surface area contributed by atoms with Crippen molar-refractivity contribution in [3.63, 3.8) is 0 Å². The molecule has 1 aliphatic carbocycles. The Morgan fingerprint density at radius 2 is 1.61 bits per heavy atom. The molecule has 10 heteroatoms. The Labute approximate surface area is 249 Å². The van der Waals surface area contributed by atoms with Gasteiger partial charge in [-0.1, -0.05) is 62.3 Å². The quantitative estimate of drug-likeness (QED) is 0.135. The number of amides is 1. The number of carbonyl (C=O) groups excluding carboxylic acids is 1. The zero-order valence-corrected chi connectivity index (χ0v) is 29.3. The minimum absolute atomic E-state index is 0.00994. The van der Waals surface area contributed by atoms with Crippen molar-refractivity contribution < 1.29 is 23.3 Å². The van der Waals surface area contributed by atoms with Gasteiger partial charge in [0, 0.05) is 12.3 Å². The third-order valence-corrected chi connectivity index (χ3v) is 20.1. The molecule has 1 amide bonds. The molecule has 1 aromatic carbocycles. The van der Waals surface area contributed by atoms with Gasteiger partial charge in [0.2, 0.25) is 0 Å². The fraction of sp³-hybridized carbons (Fsp3) is 0.710. The van der Waals surface area contributed by atoms with Crippen LogP contribution in [-0.4, -0.2) is 52.1 Å². The monoisotopic (exact) mass is 604 g/mol. The standard InChI is InChI=1S/C31H52N2O6Si2/c1-20(2)41(21(3)4,22(5)6)39-29-17-27(33(35)36)26(16-28(29)37-10)30(34)32-18-24(23-13-14-23)15-25(32)19-38-40(11,12)31(7,8)9/h16-18,20-23,25H,13-15,19H2,1-12H3. The van der Waals surface area contributed by atoms with Gasteiger partial charge in [-0.15, -0.1) is 0 Å². The molecule has 0 saturated heterocycles. The predicted octanol–water partition coefficient (Wildman–Crippen LogP) is 8.69. The second kappa shape index (κ2) is 12.2. The van der Waals surface area contributed by atoms with Crippen molar-refractivity contribution in [2.45, 2.75) is 122 Å². The van der Waals surface area contributed by atoms with E-state index in [1.807, 2.05) is 6.20 Å². The minimum atomic E-state index is -2.43. The summed E-state index contributed by atoms with van der Waals surface area (Å²) in [5.74, 6) is 0.773. The van der Waals surface area contributed by atoms with E-state index in [0.717, 1.165) is 19.3 Å². The molecule has 0 radical (unpaired) electrons. The highest BCUT2D eigenvalue weighted by atomic mass is 28.4. The number of nitro benzene ring substituents is 1. The van der Waals surface area contributed by atoms with Gasteiger partial charge >= 0.3 is 0 Å². The average molecular weight is 605 g/mol. The lowest BCUT2D eigenvalue weighted by Gasteiger charge is -2.42. The Hall–Kier alpha value is -2.18. The lowest BCUT2D eigenvalue weighted by Crippen LogP contribution is -2.50. The van der Waals surface area contributed by atoms with Gasteiger partial charge in [0.1, 0.15) is 5.56 Å². The number of nitrogens with zero attached hydrogens (tertiary/aromatic N) is 2. The highest BCUT2D eigenvalue weighted by Crippen LogP contribution is 2.47. The van der Waals surface area contributed by atoms with Gasteiger partial charge in [-0.2, -0.15) is 0 Å². The summed E-state index contributed by atoms with van der Waals surface area (Å²) in [5.41, 5.74) is 1.79. The fourth-order valence-electron chi connectivity index (χ4n) is 6.11. The Morgan fingerprint density at radius 1 is 1.05 bits per heavy atom. The van der Waals surface area contributed by atoms with Crippen LogP contribution >= 0.6 is 0 Å². The van der Waals surface area contributed by atoms with Crippen LogP contribution < -0.4 is 9.16 Å². The zero-order chi connectivity index (χ0) is 31.1. The van der Waals surface area contributed by atoms with Crippen molar-refractivity contribution in [3.8, 4) is 11.5 Å². The molecule has 1 atom stereocenters. The SMILES string of the molecule is COc1cc(C(=O)N2C=C(C3CC3)CC2CO[Si](C)(C)C(C)(C)C)c([N+](=O)[O-])cc1O[Si](C(C)C)(C(C)C)C(C)C. The predicted molar refractivity (Wildman–Crippen MR) is 170 cm³/mol. The molecule has 1 heterocycles. The molecular formula is C31H52N2O6Si2. The number of methoxy groups -OCH3 is 1. The average Bonchev–Trinajstić information content (AvgIpc) is 3.62. The van der Waals surface area contributed by atoms with E-state index in [4.69, 9.17) is 13.6 Å². The van der Waals surface area contributed by atoms with Gasteiger partial charge in [-0.25, -0.2) is 0 Å². The second-order valence-corrected chi connectivity index (χ2v) is 24.5. The van der Waals surface area contributed by atoms with E-state index >= 15 is 0 Å². The summed E-state index contributed by atoms with van der Waals surface area (Å²) in [7, 11) is -2.97. The maximum absolute atomic E-state index is 14.1. The molecule has 1 saturated carbocycles. The van der Waals surface area contributed by atoms with E-state index in [0.29, 0.717) is 24.0 Å². The van der Waals surface area contributed by atoms with E-state index in [2.05, 4.69) is 75.4 Å². The molecule has 8 nitrogen and oxygen atoms in total. The van der Waals surface area contributed by atoms with Gasteiger partial charge in [0.15, 0.2) is 19.8 Å². The maximum Gasteiger partial charge on any atom is 0.286 e. The first-order valence-electron chi connectivity index (χ1n) is 15.1. The number of carbonyl (C=O) groups is 1. The van der Waals surface area contributed by atoms with Gasteiger partial charge in [0.25, 0.3) is 19.9 Å². The molecule has 1 fully saturated rings. The number of nitro groups is 1. The van der Waals surface area contributed by atoms with Crippen LogP contribution in [0, 0.1) is 16.0 Å². The van der Waals surface area contributed by atoms with Crippen LogP contribution in [0.15, 0.2) is 23.9 Å². The highest BCUT2D eigenvalue weighted by Gasteiger charge is 2.48. The van der Waals surface area contributed by atoms with E-state index in [1.54, 1.807) is 4.90 Å². The molecule has 3 rings (SSSR count). The summed E-state index contributed by atoms with van der Waals surface area (Å²) >= 11 is 0. The zero-order valence-electron chi connectivity index (χ0n) is 27.3. The van der Waals surface area contributed by atoms with Crippen molar-refractivity contribution in [3.05, 3.63) is 39.6 Å². The molecule has 0 aromatic heterocycles. The first-order chi connectivity index (χ1) is 18.9. The summed E-state index contributed by atoms with van der Waals surface area (Å²) in [5, 5.41) is 12.4. The topological polar surface area (TPSA) is 91.1 Å². The Kier molecular flexibility index (Phi) is 9.92. The maximum atomic E-state index is 14.1. The summed E-state index contributed by atoms with van der Waals surface area (Å²) in [4.78, 5) is 27.7. The number of hydrogen-bond donors (Lipinski definition) is 0. The fourth-order valence-corrected chi connectivity index (χ4v) is 12.4. The van der Waals surface area contributed by atoms with Gasteiger partial charge in [0.05, 0.1) is 30.7 Å². The van der Waals surface area contributed by atoms with Crippen LogP contribution in [0.3, 0.4) is 0 Å². The lowest BCUT2D eigenvalue weighted by molar-refractivity contribution is -0.385. The van der Waals surface area contributed by atoms with Crippen LogP contribution in [0.1, 0.15) is 91.9 Å². The van der Waals surface area contributed by atoms with Crippen LogP contribution in [-0.2, 0) is 4.43 Å². The van der Waals surface area contributed by atoms with Crippen LogP contribution in [0.2, 0.25) is 34.8 Å². The number of benzene rings is 1. The second-order valence-electron chi connectivity index (χ2n) is 14.3. The molecule has 1 aliphatic heterocycles.